The van der Waals surface area contributed by atoms with Crippen LogP contribution < -0.4 is 15.4 Å². The van der Waals surface area contributed by atoms with E-state index in [4.69, 9.17) is 4.74 Å². The van der Waals surface area contributed by atoms with Gasteiger partial charge in [0.15, 0.2) is 0 Å². The quantitative estimate of drug-likeness (QED) is 0.246. The number of benzene rings is 4. The Morgan fingerprint density at radius 3 is 2.51 bits per heavy atom. The van der Waals surface area contributed by atoms with Crippen LogP contribution >= 0.6 is 0 Å². The molecule has 0 aliphatic carbocycles. The lowest BCUT2D eigenvalue weighted by Gasteiger charge is -2.38. The van der Waals surface area contributed by atoms with Crippen molar-refractivity contribution in [3.63, 3.8) is 0 Å². The van der Waals surface area contributed by atoms with E-state index in [1.165, 1.54) is 30.1 Å². The van der Waals surface area contributed by atoms with Crippen LogP contribution in [-0.4, -0.2) is 73.6 Å². The lowest BCUT2D eigenvalue weighted by Crippen LogP contribution is -2.50. The number of aliphatic hydroxyl groups excluding tert-OH is 1. The molecule has 1 heterocycles. The van der Waals surface area contributed by atoms with Gasteiger partial charge in [-0.15, -0.1) is 0 Å². The summed E-state index contributed by atoms with van der Waals surface area (Å²) in [6, 6.07) is 21.4. The Morgan fingerprint density at radius 2 is 1.78 bits per heavy atom. The molecule has 3 atom stereocenters. The van der Waals surface area contributed by atoms with Gasteiger partial charge in [-0.25, -0.2) is 17.6 Å². The van der Waals surface area contributed by atoms with Crippen molar-refractivity contribution < 1.29 is 32.2 Å². The molecule has 0 radical (unpaired) electrons. The van der Waals surface area contributed by atoms with Crippen LogP contribution in [-0.2, 0) is 10.0 Å². The first-order valence-electron chi connectivity index (χ1n) is 14.5. The molecule has 3 amide bonds. The van der Waals surface area contributed by atoms with E-state index in [0.29, 0.717) is 11.4 Å². The maximum Gasteiger partial charge on any atom is 0.323 e. The van der Waals surface area contributed by atoms with Crippen molar-refractivity contribution in [2.24, 2.45) is 5.92 Å². The van der Waals surface area contributed by atoms with E-state index in [2.05, 4.69) is 10.6 Å². The lowest BCUT2D eigenvalue weighted by molar-refractivity contribution is 0.0387. The smallest absolute Gasteiger partial charge is 0.323 e. The largest absolute Gasteiger partial charge is 0.488 e. The minimum atomic E-state index is -3.97. The van der Waals surface area contributed by atoms with E-state index in [1.807, 2.05) is 43.3 Å². The zero-order valence-corrected chi connectivity index (χ0v) is 25.9. The van der Waals surface area contributed by atoms with Crippen LogP contribution in [0.15, 0.2) is 89.8 Å². The lowest BCUT2D eigenvalue weighted by atomic mass is 9.99. The van der Waals surface area contributed by atoms with Crippen LogP contribution in [0.25, 0.3) is 10.8 Å². The molecule has 0 unspecified atom stereocenters. The monoisotopic (exact) mass is 634 g/mol. The number of carbonyl (C=O) groups is 2. The number of amides is 3. The summed E-state index contributed by atoms with van der Waals surface area (Å²) in [5, 5.41) is 17.4. The Kier molecular flexibility index (Phi) is 9.37. The molecule has 0 aromatic heterocycles. The summed E-state index contributed by atoms with van der Waals surface area (Å²) in [6.07, 6.45) is -0.695. The summed E-state index contributed by atoms with van der Waals surface area (Å²) in [4.78, 5) is 28.2. The average Bonchev–Trinajstić information content (AvgIpc) is 3.03. The number of halogens is 1. The number of sulfonamides is 1. The third kappa shape index (κ3) is 6.93. The molecule has 1 aliphatic heterocycles. The maximum absolute atomic E-state index is 13.8. The highest BCUT2D eigenvalue weighted by atomic mass is 32.2. The molecule has 0 bridgehead atoms. The van der Waals surface area contributed by atoms with E-state index < -0.39 is 39.9 Å². The third-order valence-electron chi connectivity index (χ3n) is 7.92. The molecule has 0 saturated carbocycles. The van der Waals surface area contributed by atoms with E-state index in [1.54, 1.807) is 25.1 Å². The number of urea groups is 1. The van der Waals surface area contributed by atoms with Crippen LogP contribution in [0.4, 0.5) is 20.6 Å². The molecular weight excluding hydrogens is 599 g/mol. The van der Waals surface area contributed by atoms with Gasteiger partial charge in [0.1, 0.15) is 17.7 Å². The van der Waals surface area contributed by atoms with Crippen molar-refractivity contribution in [3.8, 4) is 5.75 Å². The molecule has 45 heavy (non-hydrogen) atoms. The number of hydrogen-bond donors (Lipinski definition) is 3. The Bertz CT molecular complexity index is 1810. The molecule has 5 rings (SSSR count). The van der Waals surface area contributed by atoms with Crippen LogP contribution in [0.3, 0.4) is 0 Å². The fourth-order valence-electron chi connectivity index (χ4n) is 5.28. The van der Waals surface area contributed by atoms with Gasteiger partial charge in [-0.2, -0.15) is 4.31 Å². The standard InChI is InChI=1S/C33H35FN4O6S/c1-21-18-38(22(2)20-39)32(40)28-17-25(35-33(41)36-29-10-6-8-23-7-4-5-9-27(23)29)13-16-30(28)44-31(21)19-37(3)45(42,43)26-14-11-24(34)12-15-26/h4-17,21-22,31,39H,18-20H2,1-3H3,(H2,35,36,41)/t21-,22-,31-/m1/s1. The van der Waals surface area contributed by atoms with E-state index in [-0.39, 0.29) is 41.8 Å². The normalized spacial score (nSPS) is 17.6. The number of rotatable bonds is 8. The molecule has 4 aromatic carbocycles. The Hall–Kier alpha value is -4.52. The maximum atomic E-state index is 13.8. The fraction of sp³-hybridized carbons (Fsp3) is 0.273. The van der Waals surface area contributed by atoms with Gasteiger partial charge in [-0.3, -0.25) is 4.79 Å². The van der Waals surface area contributed by atoms with Gasteiger partial charge in [0, 0.05) is 30.6 Å². The predicted molar refractivity (Wildman–Crippen MR) is 170 cm³/mol. The first-order valence-corrected chi connectivity index (χ1v) is 15.9. The predicted octanol–water partition coefficient (Wildman–Crippen LogP) is 5.16. The van der Waals surface area contributed by atoms with E-state index in [9.17, 15) is 27.5 Å². The Morgan fingerprint density at radius 1 is 1.07 bits per heavy atom. The first kappa shape index (κ1) is 31.9. The van der Waals surface area contributed by atoms with Gasteiger partial charge in [-0.05, 0) is 60.8 Å². The van der Waals surface area contributed by atoms with Crippen molar-refractivity contribution in [2.75, 3.05) is 37.4 Å². The number of carbonyl (C=O) groups excluding carboxylic acids is 2. The fourth-order valence-corrected chi connectivity index (χ4v) is 6.46. The van der Waals surface area contributed by atoms with Crippen molar-refractivity contribution >= 4 is 44.1 Å². The van der Waals surface area contributed by atoms with Gasteiger partial charge in [0.05, 0.1) is 35.3 Å². The highest BCUT2D eigenvalue weighted by molar-refractivity contribution is 7.89. The minimum Gasteiger partial charge on any atom is -0.488 e. The molecule has 1 aliphatic rings. The van der Waals surface area contributed by atoms with Crippen molar-refractivity contribution in [1.82, 2.24) is 9.21 Å². The highest BCUT2D eigenvalue weighted by Gasteiger charge is 2.35. The summed E-state index contributed by atoms with van der Waals surface area (Å²) in [7, 11) is -2.56. The number of nitrogens with one attached hydrogen (secondary N) is 2. The van der Waals surface area contributed by atoms with Gasteiger partial charge in [0.2, 0.25) is 10.0 Å². The molecule has 3 N–H and O–H groups in total. The van der Waals surface area contributed by atoms with Crippen LogP contribution in [0, 0.1) is 11.7 Å². The molecule has 0 saturated heterocycles. The summed E-state index contributed by atoms with van der Waals surface area (Å²) < 4.78 is 47.4. The summed E-state index contributed by atoms with van der Waals surface area (Å²) in [5.74, 6) is -1.08. The molecular formula is C33H35FN4O6S. The average molecular weight is 635 g/mol. The number of fused-ring (bicyclic) bond motifs is 2. The first-order chi connectivity index (χ1) is 21.5. The number of hydrogen-bond acceptors (Lipinski definition) is 6. The van der Waals surface area contributed by atoms with Gasteiger partial charge in [0.25, 0.3) is 5.91 Å². The number of aliphatic hydroxyl groups is 1. The SMILES string of the molecule is C[C@@H]1CN([C@H](C)CO)C(=O)c2cc(NC(=O)Nc3cccc4ccccc34)ccc2O[C@@H]1CN(C)S(=O)(=O)c1ccc(F)cc1. The van der Waals surface area contributed by atoms with E-state index >= 15 is 0 Å². The molecule has 12 heteroatoms. The molecule has 0 fully saturated rings. The summed E-state index contributed by atoms with van der Waals surface area (Å²) in [5.41, 5.74) is 1.11. The van der Waals surface area contributed by atoms with Gasteiger partial charge < -0.3 is 25.4 Å². The van der Waals surface area contributed by atoms with Crippen molar-refractivity contribution in [3.05, 3.63) is 96.3 Å². The van der Waals surface area contributed by atoms with Crippen LogP contribution in [0.2, 0.25) is 0 Å². The molecule has 236 valence electrons. The zero-order valence-electron chi connectivity index (χ0n) is 25.1. The topological polar surface area (TPSA) is 128 Å². The summed E-state index contributed by atoms with van der Waals surface area (Å²) in [6.45, 7) is 3.37. The number of anilines is 2. The number of nitrogens with zero attached hydrogens (tertiary/aromatic N) is 2. The van der Waals surface area contributed by atoms with Gasteiger partial charge >= 0.3 is 6.03 Å². The second kappa shape index (κ2) is 13.2. The second-order valence-corrected chi connectivity index (χ2v) is 13.2. The summed E-state index contributed by atoms with van der Waals surface area (Å²) >= 11 is 0. The zero-order chi connectivity index (χ0) is 32.3. The van der Waals surface area contributed by atoms with Gasteiger partial charge in [-0.1, -0.05) is 43.3 Å². The molecule has 4 aromatic rings. The highest BCUT2D eigenvalue weighted by Crippen LogP contribution is 2.31. The number of likely N-dealkylation sites (N-methyl/N-ethyl adjacent to an activating group) is 1. The molecule has 10 nitrogen and oxygen atoms in total. The third-order valence-corrected chi connectivity index (χ3v) is 9.76. The number of ether oxygens (including phenoxy) is 1. The van der Waals surface area contributed by atoms with E-state index in [0.717, 1.165) is 27.2 Å². The van der Waals surface area contributed by atoms with Crippen LogP contribution in [0.1, 0.15) is 24.2 Å². The van der Waals surface area contributed by atoms with Crippen molar-refractivity contribution in [2.45, 2.75) is 30.9 Å². The minimum absolute atomic E-state index is 0.0616. The van der Waals surface area contributed by atoms with Crippen molar-refractivity contribution in [1.29, 1.82) is 0 Å². The van der Waals surface area contributed by atoms with Crippen LogP contribution in [0.5, 0.6) is 5.75 Å². The molecule has 0 spiro atoms. The second-order valence-electron chi connectivity index (χ2n) is 11.2. The Labute approximate surface area is 261 Å². The Balaban J connectivity index is 1.41.